The molecule has 0 unspecified atom stereocenters. The van der Waals surface area contributed by atoms with E-state index in [1.54, 1.807) is 24.6 Å². The van der Waals surface area contributed by atoms with Gasteiger partial charge in [-0.05, 0) is 57.0 Å². The third kappa shape index (κ3) is 3.82. The first-order valence-electron chi connectivity index (χ1n) is 8.22. The summed E-state index contributed by atoms with van der Waals surface area (Å²) in [5.74, 6) is 1.50. The van der Waals surface area contributed by atoms with Crippen LogP contribution in [0.4, 0.5) is 0 Å². The van der Waals surface area contributed by atoms with Crippen molar-refractivity contribution in [3.63, 3.8) is 0 Å². The predicted octanol–water partition coefficient (Wildman–Crippen LogP) is 5.28. The van der Waals surface area contributed by atoms with E-state index in [0.717, 1.165) is 38.7 Å². The quantitative estimate of drug-likeness (QED) is 0.625. The molecule has 0 aliphatic carbocycles. The van der Waals surface area contributed by atoms with Crippen molar-refractivity contribution in [3.05, 3.63) is 47.0 Å². The smallest absolute Gasteiger partial charge is 0.214 e. The number of aromatic nitrogens is 2. The molecule has 0 spiro atoms. The van der Waals surface area contributed by atoms with Crippen molar-refractivity contribution >= 4 is 11.3 Å². The van der Waals surface area contributed by atoms with Gasteiger partial charge in [-0.3, -0.25) is 0 Å². The summed E-state index contributed by atoms with van der Waals surface area (Å²) in [6.07, 6.45) is 1.86. The Balaban J connectivity index is 1.96. The second-order valence-electron chi connectivity index (χ2n) is 6.22. The number of pyridine rings is 1. The van der Waals surface area contributed by atoms with Gasteiger partial charge in [0.15, 0.2) is 0 Å². The Labute approximate surface area is 152 Å². The first kappa shape index (κ1) is 17.4. The molecule has 3 aromatic rings. The van der Waals surface area contributed by atoms with Crippen LogP contribution in [-0.4, -0.2) is 23.2 Å². The zero-order valence-corrected chi connectivity index (χ0v) is 16.0. The van der Waals surface area contributed by atoms with Gasteiger partial charge in [-0.25, -0.2) is 9.97 Å². The highest BCUT2D eigenvalue weighted by molar-refractivity contribution is 7.13. The Morgan fingerprint density at radius 1 is 1.08 bits per heavy atom. The summed E-state index contributed by atoms with van der Waals surface area (Å²) in [4.78, 5) is 9.10. The fourth-order valence-electron chi connectivity index (χ4n) is 2.82. The number of hydrogen-bond donors (Lipinski definition) is 0. The Kier molecular flexibility index (Phi) is 5.04. The molecule has 0 amide bonds. The number of benzene rings is 1. The van der Waals surface area contributed by atoms with Crippen LogP contribution in [0.3, 0.4) is 0 Å². The molecule has 0 aliphatic rings. The molecular formula is C20H22N2O2S. The number of rotatable bonds is 5. The molecule has 0 saturated heterocycles. The molecule has 2 aromatic heterocycles. The van der Waals surface area contributed by atoms with Crippen molar-refractivity contribution in [2.45, 2.75) is 33.8 Å². The molecule has 4 nitrogen and oxygen atoms in total. The minimum Gasteiger partial charge on any atom is -0.497 e. The molecule has 130 valence electrons. The molecule has 0 saturated carbocycles. The third-order valence-corrected chi connectivity index (χ3v) is 4.73. The van der Waals surface area contributed by atoms with Crippen LogP contribution >= 0.6 is 11.3 Å². The molecule has 5 heteroatoms. The van der Waals surface area contributed by atoms with Crippen LogP contribution in [0.1, 0.15) is 25.0 Å². The van der Waals surface area contributed by atoms with Gasteiger partial charge in [0.1, 0.15) is 10.8 Å². The van der Waals surface area contributed by atoms with Gasteiger partial charge < -0.3 is 9.47 Å². The van der Waals surface area contributed by atoms with Gasteiger partial charge >= 0.3 is 0 Å². The maximum Gasteiger partial charge on any atom is 0.214 e. The fourth-order valence-corrected chi connectivity index (χ4v) is 3.62. The molecular weight excluding hydrogens is 332 g/mol. The Bertz CT molecular complexity index is 864. The molecule has 0 bridgehead atoms. The number of thiazole rings is 1. The maximum absolute atomic E-state index is 5.68. The highest BCUT2D eigenvalue weighted by Crippen LogP contribution is 2.34. The summed E-state index contributed by atoms with van der Waals surface area (Å²) in [6, 6.07) is 7.99. The van der Waals surface area contributed by atoms with Crippen molar-refractivity contribution in [3.8, 4) is 33.5 Å². The van der Waals surface area contributed by atoms with Crippen LogP contribution in [0.5, 0.6) is 11.6 Å². The van der Waals surface area contributed by atoms with Crippen molar-refractivity contribution < 1.29 is 9.47 Å². The van der Waals surface area contributed by atoms with Crippen molar-refractivity contribution in [2.75, 3.05) is 7.11 Å². The van der Waals surface area contributed by atoms with E-state index in [4.69, 9.17) is 14.5 Å². The summed E-state index contributed by atoms with van der Waals surface area (Å²) >= 11 is 1.63. The minimum absolute atomic E-state index is 0.0965. The van der Waals surface area contributed by atoms with E-state index in [9.17, 15) is 0 Å². The van der Waals surface area contributed by atoms with Gasteiger partial charge in [0.25, 0.3) is 0 Å². The summed E-state index contributed by atoms with van der Waals surface area (Å²) in [5.41, 5.74) is 5.49. The van der Waals surface area contributed by atoms with Gasteiger partial charge in [0.2, 0.25) is 5.88 Å². The van der Waals surface area contributed by atoms with E-state index in [1.165, 1.54) is 0 Å². The van der Waals surface area contributed by atoms with E-state index < -0.39 is 0 Å². The van der Waals surface area contributed by atoms with E-state index >= 15 is 0 Å². The van der Waals surface area contributed by atoms with Crippen LogP contribution < -0.4 is 9.47 Å². The average molecular weight is 354 g/mol. The monoisotopic (exact) mass is 354 g/mol. The largest absolute Gasteiger partial charge is 0.497 e. The standard InChI is InChI=1S/C20H22N2O2S/c1-12(2)24-18-10-15(6-7-21-18)20-22-17(11-25-20)19-13(3)8-16(23-5)9-14(19)4/h6-12H,1-5H3. The number of ether oxygens (including phenoxy) is 2. The predicted molar refractivity (Wildman–Crippen MR) is 103 cm³/mol. The lowest BCUT2D eigenvalue weighted by Gasteiger charge is -2.10. The van der Waals surface area contributed by atoms with E-state index in [2.05, 4.69) is 24.2 Å². The van der Waals surface area contributed by atoms with Gasteiger partial charge in [-0.15, -0.1) is 11.3 Å². The van der Waals surface area contributed by atoms with Crippen LogP contribution in [0.2, 0.25) is 0 Å². The first-order valence-corrected chi connectivity index (χ1v) is 9.10. The fraction of sp³-hybridized carbons (Fsp3) is 0.300. The lowest BCUT2D eigenvalue weighted by atomic mass is 10.0. The molecule has 0 atom stereocenters. The lowest BCUT2D eigenvalue weighted by Crippen LogP contribution is -2.06. The maximum atomic E-state index is 5.68. The van der Waals surface area contributed by atoms with E-state index in [-0.39, 0.29) is 6.10 Å². The zero-order valence-electron chi connectivity index (χ0n) is 15.2. The molecule has 0 N–H and O–H groups in total. The molecule has 2 heterocycles. The SMILES string of the molecule is COc1cc(C)c(-c2csc(-c3ccnc(OC(C)C)c3)n2)c(C)c1. The summed E-state index contributed by atoms with van der Waals surface area (Å²) in [7, 11) is 1.69. The highest BCUT2D eigenvalue weighted by atomic mass is 32.1. The van der Waals surface area contributed by atoms with Crippen LogP contribution in [0, 0.1) is 13.8 Å². The third-order valence-electron chi connectivity index (χ3n) is 3.84. The van der Waals surface area contributed by atoms with Gasteiger partial charge in [-0.1, -0.05) is 0 Å². The van der Waals surface area contributed by atoms with Gasteiger partial charge in [0.05, 0.1) is 18.9 Å². The zero-order chi connectivity index (χ0) is 18.0. The van der Waals surface area contributed by atoms with E-state index in [0.29, 0.717) is 5.88 Å². The molecule has 3 rings (SSSR count). The molecule has 0 radical (unpaired) electrons. The Morgan fingerprint density at radius 2 is 1.80 bits per heavy atom. The average Bonchev–Trinajstić information content (AvgIpc) is 3.03. The second-order valence-corrected chi connectivity index (χ2v) is 7.08. The van der Waals surface area contributed by atoms with Gasteiger partial charge in [0, 0.05) is 28.8 Å². The topological polar surface area (TPSA) is 44.2 Å². The molecule has 25 heavy (non-hydrogen) atoms. The number of nitrogens with zero attached hydrogens (tertiary/aromatic N) is 2. The minimum atomic E-state index is 0.0965. The normalized spacial score (nSPS) is 11.0. The van der Waals surface area contributed by atoms with Crippen LogP contribution in [0.25, 0.3) is 21.8 Å². The first-order chi connectivity index (χ1) is 12.0. The van der Waals surface area contributed by atoms with Crippen LogP contribution in [-0.2, 0) is 0 Å². The summed E-state index contributed by atoms with van der Waals surface area (Å²) in [6.45, 7) is 8.16. The van der Waals surface area contributed by atoms with Crippen molar-refractivity contribution in [1.29, 1.82) is 0 Å². The Morgan fingerprint density at radius 3 is 2.44 bits per heavy atom. The molecule has 0 fully saturated rings. The van der Waals surface area contributed by atoms with Gasteiger partial charge in [-0.2, -0.15) is 0 Å². The number of aryl methyl sites for hydroxylation is 2. The number of hydrogen-bond acceptors (Lipinski definition) is 5. The number of methoxy groups -OCH3 is 1. The molecule has 0 aliphatic heterocycles. The van der Waals surface area contributed by atoms with Crippen molar-refractivity contribution in [1.82, 2.24) is 9.97 Å². The van der Waals surface area contributed by atoms with E-state index in [1.807, 2.05) is 38.1 Å². The lowest BCUT2D eigenvalue weighted by molar-refractivity contribution is 0.233. The highest BCUT2D eigenvalue weighted by Gasteiger charge is 2.13. The Hall–Kier alpha value is -2.40. The molecule has 1 aromatic carbocycles. The van der Waals surface area contributed by atoms with Crippen molar-refractivity contribution in [2.24, 2.45) is 0 Å². The van der Waals surface area contributed by atoms with Crippen LogP contribution in [0.15, 0.2) is 35.8 Å². The summed E-state index contributed by atoms with van der Waals surface area (Å²) in [5, 5.41) is 3.06. The summed E-state index contributed by atoms with van der Waals surface area (Å²) < 4.78 is 11.0. The second kappa shape index (κ2) is 7.23.